The summed E-state index contributed by atoms with van der Waals surface area (Å²) < 4.78 is 37.0. The summed E-state index contributed by atoms with van der Waals surface area (Å²) in [5, 5.41) is 0. The van der Waals surface area contributed by atoms with Gasteiger partial charge in [0.15, 0.2) is 0 Å². The number of alkyl halides is 3. The maximum absolute atomic E-state index is 12.3. The van der Waals surface area contributed by atoms with Crippen LogP contribution in [-0.4, -0.2) is 9.97 Å². The second kappa shape index (κ2) is 11.2. The highest BCUT2D eigenvalue weighted by molar-refractivity contribution is 5.28. The summed E-state index contributed by atoms with van der Waals surface area (Å²) in [6.45, 7) is 11.9. The number of nitrogens with zero attached hydrogens (tertiary/aromatic N) is 2. The molecule has 0 aliphatic heterocycles. The Bertz CT molecular complexity index is 718. The molecule has 0 spiro atoms. The van der Waals surface area contributed by atoms with Crippen LogP contribution in [0, 0.1) is 13.8 Å². The molecule has 0 saturated heterocycles. The van der Waals surface area contributed by atoms with Crippen LogP contribution >= 0.6 is 0 Å². The van der Waals surface area contributed by atoms with Crippen molar-refractivity contribution >= 4 is 0 Å². The zero-order chi connectivity index (χ0) is 21.3. The molecule has 28 heavy (non-hydrogen) atoms. The molecule has 0 amide bonds. The largest absolute Gasteiger partial charge is 0.433 e. The van der Waals surface area contributed by atoms with Crippen molar-refractivity contribution in [2.45, 2.75) is 85.2 Å². The van der Waals surface area contributed by atoms with Crippen LogP contribution in [0.25, 0.3) is 0 Å². The highest BCUT2D eigenvalue weighted by atomic mass is 19.4. The Morgan fingerprint density at radius 3 is 1.75 bits per heavy atom. The lowest BCUT2D eigenvalue weighted by Crippen LogP contribution is -2.09. The van der Waals surface area contributed by atoms with E-state index in [9.17, 15) is 13.2 Å². The maximum Gasteiger partial charge on any atom is 0.433 e. The third-order valence-corrected chi connectivity index (χ3v) is 4.40. The van der Waals surface area contributed by atoms with E-state index in [0.29, 0.717) is 5.69 Å². The molecule has 2 fully saturated rings. The van der Waals surface area contributed by atoms with E-state index in [-0.39, 0.29) is 5.92 Å². The van der Waals surface area contributed by atoms with Crippen LogP contribution in [0.1, 0.15) is 93.4 Å². The van der Waals surface area contributed by atoms with E-state index in [1.165, 1.54) is 30.2 Å². The lowest BCUT2D eigenvalue weighted by Gasteiger charge is -2.09. The molecule has 2 aliphatic rings. The van der Waals surface area contributed by atoms with E-state index in [4.69, 9.17) is 0 Å². The van der Waals surface area contributed by atoms with Crippen molar-refractivity contribution in [3.8, 4) is 0 Å². The lowest BCUT2D eigenvalue weighted by atomic mass is 10.1. The molecule has 0 bridgehead atoms. The standard InChI is InChI=1S/C10H10F3N.C9H11N.2C2H6/c1-6-2-5-8(10(11,12)13)14-9(6)7-3-4-7;1-7-3-2-6-10-9(7)8-4-5-8;2*1-2/h2,5,7H,3-4H2,1H3;2-3,6,8H,4-5H2,1H3;2*1-2H3. The summed E-state index contributed by atoms with van der Waals surface area (Å²) >= 11 is 0. The quantitative estimate of drug-likeness (QED) is 0.524. The monoisotopic (exact) mass is 394 g/mol. The molecule has 5 heteroatoms. The molecule has 2 aromatic rings. The smallest absolute Gasteiger partial charge is 0.261 e. The first-order chi connectivity index (χ1) is 13.4. The van der Waals surface area contributed by atoms with Crippen LogP contribution < -0.4 is 0 Å². The minimum absolute atomic E-state index is 0.261. The molecule has 0 N–H and O–H groups in total. The molecule has 156 valence electrons. The molecular formula is C23H33F3N2. The summed E-state index contributed by atoms with van der Waals surface area (Å²) in [6.07, 6.45) is 2.19. The second-order valence-electron chi connectivity index (χ2n) is 6.65. The summed E-state index contributed by atoms with van der Waals surface area (Å²) in [5.74, 6) is 1.05. The predicted octanol–water partition coefficient (Wildman–Crippen LogP) is 7.61. The first-order valence-corrected chi connectivity index (χ1v) is 10.3. The molecule has 0 aromatic carbocycles. The first-order valence-electron chi connectivity index (χ1n) is 10.3. The Labute approximate surface area is 167 Å². The molecule has 0 unspecified atom stereocenters. The van der Waals surface area contributed by atoms with Gasteiger partial charge in [0.2, 0.25) is 0 Å². The minimum Gasteiger partial charge on any atom is -0.261 e. The van der Waals surface area contributed by atoms with Crippen molar-refractivity contribution in [2.75, 3.05) is 0 Å². The summed E-state index contributed by atoms with van der Waals surface area (Å²) in [7, 11) is 0. The average Bonchev–Trinajstić information content (AvgIpc) is 3.59. The van der Waals surface area contributed by atoms with Crippen molar-refractivity contribution in [2.24, 2.45) is 0 Å². The van der Waals surface area contributed by atoms with Gasteiger partial charge in [-0.25, -0.2) is 4.98 Å². The molecule has 2 aromatic heterocycles. The topological polar surface area (TPSA) is 25.8 Å². The van der Waals surface area contributed by atoms with Gasteiger partial charge in [0, 0.05) is 29.4 Å². The molecule has 2 nitrogen and oxygen atoms in total. The number of hydrogen-bond donors (Lipinski definition) is 0. The molecular weight excluding hydrogens is 361 g/mol. The van der Waals surface area contributed by atoms with Crippen LogP contribution in [0.2, 0.25) is 0 Å². The van der Waals surface area contributed by atoms with Gasteiger partial charge >= 0.3 is 6.18 Å². The van der Waals surface area contributed by atoms with Crippen LogP contribution in [-0.2, 0) is 6.18 Å². The molecule has 2 saturated carbocycles. The maximum atomic E-state index is 12.3. The van der Waals surface area contributed by atoms with Crippen molar-refractivity contribution < 1.29 is 13.2 Å². The highest BCUT2D eigenvalue weighted by Gasteiger charge is 2.35. The van der Waals surface area contributed by atoms with E-state index in [1.54, 1.807) is 6.92 Å². The van der Waals surface area contributed by atoms with Gasteiger partial charge in [-0.2, -0.15) is 13.2 Å². The minimum atomic E-state index is -4.32. The Hall–Kier alpha value is -1.91. The van der Waals surface area contributed by atoms with Gasteiger partial charge in [-0.15, -0.1) is 0 Å². The van der Waals surface area contributed by atoms with E-state index in [1.807, 2.05) is 40.0 Å². The van der Waals surface area contributed by atoms with Gasteiger partial charge in [0.1, 0.15) is 5.69 Å². The Morgan fingerprint density at radius 2 is 1.29 bits per heavy atom. The van der Waals surface area contributed by atoms with Crippen LogP contribution in [0.15, 0.2) is 30.5 Å². The van der Waals surface area contributed by atoms with Gasteiger partial charge in [-0.05, 0) is 62.8 Å². The molecule has 4 rings (SSSR count). The molecule has 0 radical (unpaired) electrons. The third-order valence-electron chi connectivity index (χ3n) is 4.40. The Morgan fingerprint density at radius 1 is 0.786 bits per heavy atom. The lowest BCUT2D eigenvalue weighted by molar-refractivity contribution is -0.141. The summed E-state index contributed by atoms with van der Waals surface area (Å²) in [4.78, 5) is 8.02. The van der Waals surface area contributed by atoms with Gasteiger partial charge in [-0.1, -0.05) is 39.8 Å². The molecule has 2 heterocycles. The van der Waals surface area contributed by atoms with Gasteiger partial charge < -0.3 is 0 Å². The first kappa shape index (κ1) is 24.1. The van der Waals surface area contributed by atoms with Gasteiger partial charge in [0.05, 0.1) is 0 Å². The van der Waals surface area contributed by atoms with Crippen molar-refractivity contribution in [1.29, 1.82) is 0 Å². The SMILES string of the molecule is CC.CC.Cc1ccc(C(F)(F)F)nc1C1CC1.Cc1cccnc1C1CC1. The fraction of sp³-hybridized carbons (Fsp3) is 0.565. The predicted molar refractivity (Wildman–Crippen MR) is 110 cm³/mol. The Balaban J connectivity index is 0.000000246. The molecule has 0 atom stereocenters. The van der Waals surface area contributed by atoms with Crippen molar-refractivity contribution in [3.63, 3.8) is 0 Å². The number of halogens is 3. The van der Waals surface area contributed by atoms with E-state index in [0.717, 1.165) is 30.4 Å². The third kappa shape index (κ3) is 7.25. The second-order valence-corrected chi connectivity index (χ2v) is 6.65. The number of aryl methyl sites for hydroxylation is 2. The van der Waals surface area contributed by atoms with Crippen molar-refractivity contribution in [3.05, 3.63) is 58.7 Å². The van der Waals surface area contributed by atoms with Gasteiger partial charge in [0.25, 0.3) is 0 Å². The zero-order valence-corrected chi connectivity index (χ0v) is 17.9. The van der Waals surface area contributed by atoms with Gasteiger partial charge in [-0.3, -0.25) is 4.98 Å². The van der Waals surface area contributed by atoms with Crippen LogP contribution in [0.3, 0.4) is 0 Å². The van der Waals surface area contributed by atoms with Crippen LogP contribution in [0.5, 0.6) is 0 Å². The average molecular weight is 395 g/mol. The van der Waals surface area contributed by atoms with E-state index < -0.39 is 11.9 Å². The van der Waals surface area contributed by atoms with Crippen molar-refractivity contribution in [1.82, 2.24) is 9.97 Å². The summed E-state index contributed by atoms with van der Waals surface area (Å²) in [5.41, 5.74) is 3.39. The number of pyridine rings is 2. The fourth-order valence-corrected chi connectivity index (χ4v) is 2.75. The number of rotatable bonds is 2. The number of aromatic nitrogens is 2. The Kier molecular flexibility index (Phi) is 9.63. The summed E-state index contributed by atoms with van der Waals surface area (Å²) in [6, 6.07) is 6.69. The fourth-order valence-electron chi connectivity index (χ4n) is 2.75. The van der Waals surface area contributed by atoms with Crippen LogP contribution in [0.4, 0.5) is 13.2 Å². The number of hydrogen-bond acceptors (Lipinski definition) is 2. The normalized spacial score (nSPS) is 15.2. The van der Waals surface area contributed by atoms with E-state index >= 15 is 0 Å². The zero-order valence-electron chi connectivity index (χ0n) is 17.9. The van der Waals surface area contributed by atoms with E-state index in [2.05, 4.69) is 23.0 Å². The molecule has 2 aliphatic carbocycles. The highest BCUT2D eigenvalue weighted by Crippen LogP contribution is 2.41.